The second kappa shape index (κ2) is 8.92. The molecule has 0 unspecified atom stereocenters. The molecule has 0 atom stereocenters. The first kappa shape index (κ1) is 21.3. The molecule has 2 nitrogen and oxygen atoms in total. The number of nitrogens with zero attached hydrogens (tertiary/aromatic N) is 2. The van der Waals surface area contributed by atoms with Crippen LogP contribution in [0.1, 0.15) is 0 Å². The van der Waals surface area contributed by atoms with Crippen LogP contribution in [0.2, 0.25) is 0 Å². The highest BCUT2D eigenvalue weighted by molar-refractivity contribution is 6.13. The van der Waals surface area contributed by atoms with E-state index in [0.29, 0.717) is 0 Å². The summed E-state index contributed by atoms with van der Waals surface area (Å²) in [7, 11) is 0. The van der Waals surface area contributed by atoms with Gasteiger partial charge in [-0.3, -0.25) is 4.98 Å². The van der Waals surface area contributed by atoms with Gasteiger partial charge in [0.25, 0.3) is 0 Å². The zero-order valence-electron chi connectivity index (χ0n) is 20.3. The maximum absolute atomic E-state index is 4.82. The zero-order chi connectivity index (χ0) is 24.6. The van der Waals surface area contributed by atoms with Gasteiger partial charge in [-0.2, -0.15) is 0 Å². The third-order valence-electron chi connectivity index (χ3n) is 7.06. The fourth-order valence-electron chi connectivity index (χ4n) is 5.26. The van der Waals surface area contributed by atoms with E-state index in [9.17, 15) is 0 Å². The number of hydrogen-bond acceptors (Lipinski definition) is 2. The number of aromatic nitrogens is 1. The Morgan fingerprint density at radius 3 is 1.95 bits per heavy atom. The van der Waals surface area contributed by atoms with Gasteiger partial charge >= 0.3 is 0 Å². The lowest BCUT2D eigenvalue weighted by Gasteiger charge is -2.27. The van der Waals surface area contributed by atoms with E-state index < -0.39 is 0 Å². The summed E-state index contributed by atoms with van der Waals surface area (Å²) in [5.74, 6) is 0. The molecular weight excluding hydrogens is 448 g/mol. The van der Waals surface area contributed by atoms with Crippen LogP contribution in [-0.4, -0.2) is 4.98 Å². The quantitative estimate of drug-likeness (QED) is 0.237. The number of fused-ring (bicyclic) bond motifs is 4. The Kier molecular flexibility index (Phi) is 5.15. The summed E-state index contributed by atoms with van der Waals surface area (Å²) in [4.78, 5) is 7.18. The normalized spacial score (nSPS) is 11.2. The van der Waals surface area contributed by atoms with Gasteiger partial charge in [-0.1, -0.05) is 103 Å². The van der Waals surface area contributed by atoms with Gasteiger partial charge in [0, 0.05) is 28.3 Å². The van der Waals surface area contributed by atoms with Crippen LogP contribution in [0, 0.1) is 0 Å². The van der Waals surface area contributed by atoms with Crippen molar-refractivity contribution in [2.45, 2.75) is 0 Å². The molecule has 0 aliphatic carbocycles. The topological polar surface area (TPSA) is 16.1 Å². The number of anilines is 3. The molecule has 7 rings (SSSR count). The summed E-state index contributed by atoms with van der Waals surface area (Å²) in [5.41, 5.74) is 6.77. The molecule has 0 amide bonds. The van der Waals surface area contributed by atoms with E-state index in [1.54, 1.807) is 0 Å². The lowest BCUT2D eigenvalue weighted by atomic mass is 10.0. The zero-order valence-corrected chi connectivity index (χ0v) is 20.3. The maximum atomic E-state index is 4.82. The molecule has 174 valence electrons. The maximum Gasteiger partial charge on any atom is 0.0801 e. The molecule has 7 aromatic rings. The monoisotopic (exact) mass is 472 g/mol. The van der Waals surface area contributed by atoms with E-state index in [4.69, 9.17) is 4.98 Å². The number of benzene rings is 6. The molecule has 1 heterocycles. The van der Waals surface area contributed by atoms with Crippen molar-refractivity contribution in [2.75, 3.05) is 4.90 Å². The Hall–Kier alpha value is -4.95. The molecule has 0 saturated carbocycles. The van der Waals surface area contributed by atoms with Gasteiger partial charge in [0.2, 0.25) is 0 Å². The molecular formula is C35H24N2. The smallest absolute Gasteiger partial charge is 0.0801 e. The van der Waals surface area contributed by atoms with Crippen molar-refractivity contribution in [1.29, 1.82) is 0 Å². The Morgan fingerprint density at radius 2 is 1.08 bits per heavy atom. The van der Waals surface area contributed by atoms with Gasteiger partial charge < -0.3 is 4.90 Å². The van der Waals surface area contributed by atoms with Crippen LogP contribution in [-0.2, 0) is 0 Å². The van der Waals surface area contributed by atoms with Crippen molar-refractivity contribution < 1.29 is 0 Å². The third-order valence-corrected chi connectivity index (χ3v) is 7.06. The van der Waals surface area contributed by atoms with E-state index >= 15 is 0 Å². The molecule has 0 aliphatic heterocycles. The van der Waals surface area contributed by atoms with Crippen LogP contribution in [0.15, 0.2) is 146 Å². The molecule has 0 fully saturated rings. The minimum atomic E-state index is 1.02. The van der Waals surface area contributed by atoms with Crippen molar-refractivity contribution in [3.05, 3.63) is 146 Å². The second-order valence-corrected chi connectivity index (χ2v) is 9.30. The fourth-order valence-corrected chi connectivity index (χ4v) is 5.26. The van der Waals surface area contributed by atoms with Gasteiger partial charge in [0.1, 0.15) is 0 Å². The predicted molar refractivity (Wildman–Crippen MR) is 157 cm³/mol. The van der Waals surface area contributed by atoms with Gasteiger partial charge in [-0.15, -0.1) is 0 Å². The van der Waals surface area contributed by atoms with Crippen molar-refractivity contribution in [2.24, 2.45) is 0 Å². The van der Waals surface area contributed by atoms with Gasteiger partial charge in [-0.05, 0) is 63.7 Å². The summed E-state index contributed by atoms with van der Waals surface area (Å²) in [5, 5.41) is 5.92. The second-order valence-electron chi connectivity index (χ2n) is 9.30. The van der Waals surface area contributed by atoms with Crippen molar-refractivity contribution in [3.8, 4) is 11.1 Å². The van der Waals surface area contributed by atoms with E-state index in [0.717, 1.165) is 33.4 Å². The van der Waals surface area contributed by atoms with Crippen molar-refractivity contribution >= 4 is 49.5 Å². The molecule has 0 saturated heterocycles. The Morgan fingerprint density at radius 1 is 0.432 bits per heavy atom. The highest BCUT2D eigenvalue weighted by atomic mass is 15.1. The minimum Gasteiger partial charge on any atom is -0.310 e. The van der Waals surface area contributed by atoms with Crippen molar-refractivity contribution in [1.82, 2.24) is 4.98 Å². The lowest BCUT2D eigenvalue weighted by molar-refractivity contribution is 1.30. The standard InChI is InChI=1S/C35H24N2/c1-2-8-25(9-3-1)27-17-20-31(21-18-27)37(32-22-19-26-10-4-5-11-30(26)24-32)33-14-6-12-28-15-16-29-13-7-23-36-35(29)34(28)33/h1-24H. The first-order valence-corrected chi connectivity index (χ1v) is 12.6. The molecule has 37 heavy (non-hydrogen) atoms. The molecule has 0 radical (unpaired) electrons. The molecule has 0 N–H and O–H groups in total. The lowest BCUT2D eigenvalue weighted by Crippen LogP contribution is -2.10. The molecule has 6 aromatic carbocycles. The average Bonchev–Trinajstić information content (AvgIpc) is 2.98. The third kappa shape index (κ3) is 3.80. The first-order chi connectivity index (χ1) is 18.3. The minimum absolute atomic E-state index is 1.02. The molecule has 0 aliphatic rings. The number of hydrogen-bond donors (Lipinski definition) is 0. The predicted octanol–water partition coefficient (Wildman–Crippen LogP) is 9.68. The molecule has 0 spiro atoms. The van der Waals surface area contributed by atoms with Crippen LogP contribution in [0.5, 0.6) is 0 Å². The van der Waals surface area contributed by atoms with Crippen LogP contribution >= 0.6 is 0 Å². The van der Waals surface area contributed by atoms with Gasteiger partial charge in [0.15, 0.2) is 0 Å². The largest absolute Gasteiger partial charge is 0.310 e. The van der Waals surface area contributed by atoms with Crippen molar-refractivity contribution in [3.63, 3.8) is 0 Å². The van der Waals surface area contributed by atoms with E-state index in [2.05, 4.69) is 138 Å². The van der Waals surface area contributed by atoms with E-state index in [-0.39, 0.29) is 0 Å². The summed E-state index contributed by atoms with van der Waals surface area (Å²) in [6.07, 6.45) is 1.88. The Balaban J connectivity index is 1.48. The van der Waals surface area contributed by atoms with Crippen LogP contribution in [0.3, 0.4) is 0 Å². The number of rotatable bonds is 4. The van der Waals surface area contributed by atoms with Crippen LogP contribution in [0.25, 0.3) is 43.6 Å². The molecule has 1 aromatic heterocycles. The van der Waals surface area contributed by atoms with Gasteiger partial charge in [-0.25, -0.2) is 0 Å². The molecule has 0 bridgehead atoms. The van der Waals surface area contributed by atoms with E-state index in [1.165, 1.54) is 27.3 Å². The Labute approximate surface area is 216 Å². The summed E-state index contributed by atoms with van der Waals surface area (Å²) in [6, 6.07) is 49.6. The highest BCUT2D eigenvalue weighted by Gasteiger charge is 2.18. The van der Waals surface area contributed by atoms with E-state index in [1.807, 2.05) is 12.3 Å². The molecule has 2 heteroatoms. The average molecular weight is 473 g/mol. The van der Waals surface area contributed by atoms with Crippen LogP contribution < -0.4 is 4.90 Å². The summed E-state index contributed by atoms with van der Waals surface area (Å²) < 4.78 is 0. The summed E-state index contributed by atoms with van der Waals surface area (Å²) in [6.45, 7) is 0. The highest BCUT2D eigenvalue weighted by Crippen LogP contribution is 2.42. The number of pyridine rings is 1. The SMILES string of the molecule is c1ccc(-c2ccc(N(c3ccc4ccccc4c3)c3cccc4ccc5cccnc5c34)cc2)cc1. The van der Waals surface area contributed by atoms with Crippen LogP contribution in [0.4, 0.5) is 17.1 Å². The first-order valence-electron chi connectivity index (χ1n) is 12.6. The van der Waals surface area contributed by atoms with Gasteiger partial charge in [0.05, 0.1) is 11.2 Å². The summed E-state index contributed by atoms with van der Waals surface area (Å²) >= 11 is 0. The fraction of sp³-hybridized carbons (Fsp3) is 0. The Bertz CT molecular complexity index is 1870.